The van der Waals surface area contributed by atoms with Crippen LogP contribution >= 0.6 is 0 Å². The summed E-state index contributed by atoms with van der Waals surface area (Å²) in [6, 6.07) is 17.5. The Bertz CT molecular complexity index is 394. The second kappa shape index (κ2) is 4.69. The fourth-order valence-corrected chi connectivity index (χ4v) is 7.07. The van der Waals surface area contributed by atoms with Gasteiger partial charge in [0, 0.05) is 0 Å². The van der Waals surface area contributed by atoms with Crippen LogP contribution in [0.15, 0.2) is 54.6 Å². The van der Waals surface area contributed by atoms with E-state index in [-0.39, 0.29) is 5.82 Å². The van der Waals surface area contributed by atoms with Gasteiger partial charge in [0.05, 0.1) is 0 Å². The molecule has 0 N–H and O–H groups in total. The monoisotopic (exact) mass is 374 g/mol. The molecule has 0 heterocycles. The van der Waals surface area contributed by atoms with Gasteiger partial charge < -0.3 is 0 Å². The van der Waals surface area contributed by atoms with Crippen LogP contribution in [0.1, 0.15) is 0 Å². The third-order valence-corrected chi connectivity index (χ3v) is 9.00. The molecule has 0 saturated carbocycles. The second-order valence-electron chi connectivity index (χ2n) is 3.29. The Kier molecular flexibility index (Phi) is 3.30. The van der Waals surface area contributed by atoms with Crippen molar-refractivity contribution in [3.8, 4) is 0 Å². The summed E-state index contributed by atoms with van der Waals surface area (Å²) >= 11 is -1.18. The molecule has 2 aromatic carbocycles. The molecule has 0 saturated heterocycles. The number of rotatable bonds is 2. The molecule has 0 fully saturated rings. The van der Waals surface area contributed by atoms with E-state index in [2.05, 4.69) is 24.3 Å². The quantitative estimate of drug-likeness (QED) is 0.706. The molecule has 0 aliphatic heterocycles. The third-order valence-electron chi connectivity index (χ3n) is 2.16. The van der Waals surface area contributed by atoms with Gasteiger partial charge in [0.25, 0.3) is 0 Å². The van der Waals surface area contributed by atoms with E-state index in [0.717, 1.165) is 0 Å². The zero-order chi connectivity index (χ0) is 9.80. The first-order valence-electron chi connectivity index (χ1n) is 4.63. The summed E-state index contributed by atoms with van der Waals surface area (Å²) in [6.07, 6.45) is 0. The molecule has 0 aliphatic carbocycles. The summed E-state index contributed by atoms with van der Waals surface area (Å²) in [5.41, 5.74) is 0. The van der Waals surface area contributed by atoms with Crippen molar-refractivity contribution in [2.45, 2.75) is 0 Å². The maximum absolute atomic E-state index is 12.7. The zero-order valence-corrected chi connectivity index (χ0v) is 13.3. The van der Waals surface area contributed by atoms with E-state index in [9.17, 15) is 4.39 Å². The van der Waals surface area contributed by atoms with Crippen molar-refractivity contribution in [1.82, 2.24) is 0 Å². The van der Waals surface area contributed by atoms with Crippen LogP contribution in [0, 0.1) is 5.82 Å². The van der Waals surface area contributed by atoms with Crippen molar-refractivity contribution in [3.05, 3.63) is 60.4 Å². The summed E-state index contributed by atoms with van der Waals surface area (Å²) in [5.74, 6) is -0.143. The minimum atomic E-state index is -1.18. The van der Waals surface area contributed by atoms with Gasteiger partial charge in [0.2, 0.25) is 0 Å². The predicted molar refractivity (Wildman–Crippen MR) is 52.1 cm³/mol. The first kappa shape index (κ1) is 9.84. The average molecular weight is 373 g/mol. The Hall–Kier alpha value is -0.695. The van der Waals surface area contributed by atoms with E-state index in [1.165, 1.54) is 6.14 Å². The Morgan fingerprint density at radius 2 is 1.29 bits per heavy atom. The molecule has 2 rings (SSSR count). The van der Waals surface area contributed by atoms with Gasteiger partial charge in [-0.2, -0.15) is 0 Å². The molecule has 0 spiro atoms. The van der Waals surface area contributed by atoms with Crippen LogP contribution in [0.5, 0.6) is 0 Å². The molecule has 0 atom stereocenters. The molecular formula is C12H9FHg. The molecule has 2 aromatic rings. The Morgan fingerprint density at radius 1 is 0.714 bits per heavy atom. The van der Waals surface area contributed by atoms with Crippen LogP contribution in [-0.4, -0.2) is 0 Å². The number of benzene rings is 2. The van der Waals surface area contributed by atoms with Gasteiger partial charge in [-0.3, -0.25) is 0 Å². The predicted octanol–water partition coefficient (Wildman–Crippen LogP) is 1.86. The van der Waals surface area contributed by atoms with Gasteiger partial charge in [-0.25, -0.2) is 0 Å². The van der Waals surface area contributed by atoms with Crippen molar-refractivity contribution in [2.75, 3.05) is 0 Å². The van der Waals surface area contributed by atoms with Crippen molar-refractivity contribution in [1.29, 1.82) is 0 Å². The van der Waals surface area contributed by atoms with Gasteiger partial charge in [0.15, 0.2) is 0 Å². The molecule has 66 valence electrons. The van der Waals surface area contributed by atoms with Gasteiger partial charge in [-0.05, 0) is 0 Å². The first-order chi connectivity index (χ1) is 6.84. The second-order valence-corrected chi connectivity index (χ2v) is 11.0. The van der Waals surface area contributed by atoms with Crippen LogP contribution in [0.2, 0.25) is 0 Å². The summed E-state index contributed by atoms with van der Waals surface area (Å²) in [7, 11) is 0. The van der Waals surface area contributed by atoms with Gasteiger partial charge >= 0.3 is 95.5 Å². The van der Waals surface area contributed by atoms with Crippen LogP contribution in [0.3, 0.4) is 0 Å². The Balaban J connectivity index is 2.16. The molecule has 0 nitrogen and oxygen atoms in total. The fraction of sp³-hybridized carbons (Fsp3) is 0. The van der Waals surface area contributed by atoms with E-state index in [1.54, 1.807) is 12.1 Å². The molecular weight excluding hydrogens is 364 g/mol. The van der Waals surface area contributed by atoms with Crippen molar-refractivity contribution in [2.24, 2.45) is 0 Å². The molecule has 0 bridgehead atoms. The topological polar surface area (TPSA) is 0 Å². The third kappa shape index (κ3) is 2.64. The minimum absolute atomic E-state index is 0.143. The van der Waals surface area contributed by atoms with Crippen molar-refractivity contribution in [3.63, 3.8) is 0 Å². The van der Waals surface area contributed by atoms with Crippen molar-refractivity contribution >= 4 is 6.14 Å². The first-order valence-corrected chi connectivity index (χ1v) is 10.1. The summed E-state index contributed by atoms with van der Waals surface area (Å²) < 4.78 is 15.5. The van der Waals surface area contributed by atoms with Crippen LogP contribution < -0.4 is 6.14 Å². The Labute approximate surface area is 95.2 Å². The number of halogens is 1. The summed E-state index contributed by atoms with van der Waals surface area (Å²) in [4.78, 5) is 0. The Morgan fingerprint density at radius 3 is 1.93 bits per heavy atom. The summed E-state index contributed by atoms with van der Waals surface area (Å²) in [6.45, 7) is 0. The SMILES string of the molecule is Fc1cc[c]([Hg][c]2ccccc2)cc1. The molecule has 14 heavy (non-hydrogen) atoms. The van der Waals surface area contributed by atoms with Crippen LogP contribution in [0.25, 0.3) is 0 Å². The standard InChI is InChI=1S/C6H4F.C6H5.Hg/c7-6-4-2-1-3-5-6;1-2-4-6-5-3-1;/h2-5H;1-5H;. The molecule has 0 unspecified atom stereocenters. The molecule has 0 aliphatic rings. The van der Waals surface area contributed by atoms with Gasteiger partial charge in [-0.15, -0.1) is 0 Å². The van der Waals surface area contributed by atoms with E-state index in [1.807, 2.05) is 18.2 Å². The molecule has 0 radical (unpaired) electrons. The number of hydrogen-bond donors (Lipinski definition) is 0. The normalized spacial score (nSPS) is 9.50. The fourth-order valence-electron chi connectivity index (χ4n) is 1.43. The average Bonchev–Trinajstić information content (AvgIpc) is 2.23. The molecule has 0 aromatic heterocycles. The number of hydrogen-bond acceptors (Lipinski definition) is 0. The molecule has 2 heteroatoms. The van der Waals surface area contributed by atoms with Gasteiger partial charge in [-0.1, -0.05) is 0 Å². The summed E-state index contributed by atoms with van der Waals surface area (Å²) in [5, 5.41) is 0. The van der Waals surface area contributed by atoms with Gasteiger partial charge in [0.1, 0.15) is 0 Å². The van der Waals surface area contributed by atoms with E-state index < -0.39 is 24.6 Å². The van der Waals surface area contributed by atoms with Crippen molar-refractivity contribution < 1.29 is 29.0 Å². The molecule has 0 amide bonds. The van der Waals surface area contributed by atoms with E-state index >= 15 is 0 Å². The zero-order valence-electron chi connectivity index (χ0n) is 7.78. The van der Waals surface area contributed by atoms with E-state index in [4.69, 9.17) is 0 Å². The van der Waals surface area contributed by atoms with Crippen LogP contribution in [0.4, 0.5) is 4.39 Å². The van der Waals surface area contributed by atoms with Crippen LogP contribution in [-0.2, 0) is 24.6 Å². The maximum atomic E-state index is 12.7. The van der Waals surface area contributed by atoms with E-state index in [0.29, 0.717) is 0 Å².